The van der Waals surface area contributed by atoms with Crippen LogP contribution in [0.25, 0.3) is 0 Å². The Morgan fingerprint density at radius 3 is 2.65 bits per heavy atom. The summed E-state index contributed by atoms with van der Waals surface area (Å²) >= 11 is 0. The van der Waals surface area contributed by atoms with E-state index in [1.54, 1.807) is 24.4 Å². The van der Waals surface area contributed by atoms with Crippen LogP contribution in [-0.2, 0) is 10.2 Å². The molecule has 0 amide bonds. The Labute approximate surface area is 179 Å². The van der Waals surface area contributed by atoms with E-state index in [2.05, 4.69) is 27.4 Å². The standard InChI is InChI=1S/C23H22FN3O4/c24-17-2-4-18(5-3-17)31-21-7-10-25-22(27-21)26-14-23(8-11-28-12-9-23)16-1-6-19-20(13-16)30-15-29-19/h1-7,10,13H,8-9,11-12,14-15H2,(H,25,26,27). The number of nitrogens with zero attached hydrogens (tertiary/aromatic N) is 2. The molecule has 0 bridgehead atoms. The molecule has 1 aromatic heterocycles. The fourth-order valence-corrected chi connectivity index (χ4v) is 3.91. The van der Waals surface area contributed by atoms with Gasteiger partial charge in [0.2, 0.25) is 18.6 Å². The highest BCUT2D eigenvalue weighted by molar-refractivity contribution is 5.47. The fourth-order valence-electron chi connectivity index (χ4n) is 3.91. The summed E-state index contributed by atoms with van der Waals surface area (Å²) in [6.07, 6.45) is 3.36. The number of fused-ring (bicyclic) bond motifs is 1. The van der Waals surface area contributed by atoms with Gasteiger partial charge >= 0.3 is 0 Å². The van der Waals surface area contributed by atoms with Crippen molar-refractivity contribution in [3.63, 3.8) is 0 Å². The van der Waals surface area contributed by atoms with Gasteiger partial charge in [-0.1, -0.05) is 6.07 Å². The van der Waals surface area contributed by atoms with E-state index in [1.165, 1.54) is 17.7 Å². The fraction of sp³-hybridized carbons (Fsp3) is 0.304. The third kappa shape index (κ3) is 4.25. The molecule has 0 atom stereocenters. The molecule has 0 spiro atoms. The molecule has 1 fully saturated rings. The van der Waals surface area contributed by atoms with Gasteiger partial charge < -0.3 is 24.3 Å². The molecule has 8 heteroatoms. The highest BCUT2D eigenvalue weighted by atomic mass is 19.1. The van der Waals surface area contributed by atoms with E-state index in [4.69, 9.17) is 18.9 Å². The van der Waals surface area contributed by atoms with Crippen molar-refractivity contribution in [3.05, 3.63) is 66.1 Å². The molecule has 7 nitrogen and oxygen atoms in total. The minimum atomic E-state index is -0.317. The normalized spacial score (nSPS) is 16.7. The molecule has 2 aromatic carbocycles. The summed E-state index contributed by atoms with van der Waals surface area (Å²) < 4.78 is 35.5. The zero-order valence-electron chi connectivity index (χ0n) is 16.8. The van der Waals surface area contributed by atoms with Gasteiger partial charge in [0.05, 0.1) is 0 Å². The summed E-state index contributed by atoms with van der Waals surface area (Å²) in [4.78, 5) is 8.77. The smallest absolute Gasteiger partial charge is 0.231 e. The predicted molar refractivity (Wildman–Crippen MR) is 111 cm³/mol. The number of hydrogen-bond acceptors (Lipinski definition) is 7. The Morgan fingerprint density at radius 1 is 1.00 bits per heavy atom. The van der Waals surface area contributed by atoms with Crippen LogP contribution in [-0.4, -0.2) is 36.5 Å². The largest absolute Gasteiger partial charge is 0.454 e. The van der Waals surface area contributed by atoms with E-state index in [0.717, 1.165) is 24.3 Å². The highest BCUT2D eigenvalue weighted by Gasteiger charge is 2.35. The molecule has 3 heterocycles. The Kier molecular flexibility index (Phi) is 5.30. The van der Waals surface area contributed by atoms with Gasteiger partial charge in [0.1, 0.15) is 11.6 Å². The second-order valence-electron chi connectivity index (χ2n) is 7.59. The Morgan fingerprint density at radius 2 is 1.81 bits per heavy atom. The Balaban J connectivity index is 1.33. The van der Waals surface area contributed by atoms with Crippen LogP contribution < -0.4 is 19.5 Å². The van der Waals surface area contributed by atoms with E-state index < -0.39 is 0 Å². The van der Waals surface area contributed by atoms with Gasteiger partial charge in [-0.15, -0.1) is 0 Å². The van der Waals surface area contributed by atoms with Crippen LogP contribution in [0.3, 0.4) is 0 Å². The van der Waals surface area contributed by atoms with E-state index in [0.29, 0.717) is 37.3 Å². The van der Waals surface area contributed by atoms with Crippen molar-refractivity contribution in [1.82, 2.24) is 9.97 Å². The molecule has 5 rings (SSSR count). The lowest BCUT2D eigenvalue weighted by molar-refractivity contribution is 0.0542. The van der Waals surface area contributed by atoms with Crippen molar-refractivity contribution in [2.24, 2.45) is 0 Å². The summed E-state index contributed by atoms with van der Waals surface area (Å²) in [5.41, 5.74) is 1.03. The SMILES string of the molecule is Fc1ccc(Oc2ccnc(NCC3(c4ccc5c(c4)OCO5)CCOCC3)n2)cc1. The maximum absolute atomic E-state index is 13.1. The first-order chi connectivity index (χ1) is 15.2. The molecule has 0 saturated carbocycles. The lowest BCUT2D eigenvalue weighted by Crippen LogP contribution is -2.40. The van der Waals surface area contributed by atoms with Gasteiger partial charge in [-0.05, 0) is 54.8 Å². The first-order valence-corrected chi connectivity index (χ1v) is 10.2. The van der Waals surface area contributed by atoms with Crippen LogP contribution in [0.4, 0.5) is 10.3 Å². The molecule has 2 aliphatic rings. The van der Waals surface area contributed by atoms with Gasteiger partial charge in [0.15, 0.2) is 11.5 Å². The number of nitrogens with one attached hydrogen (secondary N) is 1. The Hall–Kier alpha value is -3.39. The van der Waals surface area contributed by atoms with Crippen LogP contribution in [0.2, 0.25) is 0 Å². The number of ether oxygens (including phenoxy) is 4. The first kappa shape index (κ1) is 19.6. The minimum Gasteiger partial charge on any atom is -0.454 e. The van der Waals surface area contributed by atoms with E-state index in [1.807, 2.05) is 6.07 Å². The monoisotopic (exact) mass is 423 g/mol. The van der Waals surface area contributed by atoms with Crippen molar-refractivity contribution in [3.8, 4) is 23.1 Å². The molecule has 3 aromatic rings. The minimum absolute atomic E-state index is 0.142. The van der Waals surface area contributed by atoms with Crippen LogP contribution >= 0.6 is 0 Å². The maximum atomic E-state index is 13.1. The van der Waals surface area contributed by atoms with Crippen molar-refractivity contribution in [2.45, 2.75) is 18.3 Å². The number of aromatic nitrogens is 2. The number of hydrogen-bond donors (Lipinski definition) is 1. The van der Waals surface area contributed by atoms with E-state index >= 15 is 0 Å². The van der Waals surface area contributed by atoms with Crippen LogP contribution in [0.5, 0.6) is 23.1 Å². The average molecular weight is 423 g/mol. The molecule has 1 N–H and O–H groups in total. The van der Waals surface area contributed by atoms with Crippen molar-refractivity contribution in [2.75, 3.05) is 31.9 Å². The molecular formula is C23H22FN3O4. The molecule has 31 heavy (non-hydrogen) atoms. The Bertz CT molecular complexity index is 1050. The topological polar surface area (TPSA) is 74.7 Å². The summed E-state index contributed by atoms with van der Waals surface area (Å²) in [5.74, 6) is 2.58. The summed E-state index contributed by atoms with van der Waals surface area (Å²) in [5, 5.41) is 3.37. The molecule has 0 unspecified atom stereocenters. The third-order valence-corrected chi connectivity index (χ3v) is 5.69. The first-order valence-electron chi connectivity index (χ1n) is 10.2. The van der Waals surface area contributed by atoms with Gasteiger partial charge in [-0.2, -0.15) is 4.98 Å². The summed E-state index contributed by atoms with van der Waals surface area (Å²) in [6.45, 7) is 2.26. The number of anilines is 1. The molecular weight excluding hydrogens is 401 g/mol. The van der Waals surface area contributed by atoms with Crippen LogP contribution in [0.15, 0.2) is 54.7 Å². The molecule has 0 aliphatic carbocycles. The predicted octanol–water partition coefficient (Wildman–Crippen LogP) is 4.30. The lowest BCUT2D eigenvalue weighted by Gasteiger charge is -2.38. The quantitative estimate of drug-likeness (QED) is 0.634. The van der Waals surface area contributed by atoms with Crippen molar-refractivity contribution in [1.29, 1.82) is 0 Å². The third-order valence-electron chi connectivity index (χ3n) is 5.69. The maximum Gasteiger partial charge on any atom is 0.231 e. The van der Waals surface area contributed by atoms with E-state index in [-0.39, 0.29) is 18.0 Å². The van der Waals surface area contributed by atoms with Crippen molar-refractivity contribution < 1.29 is 23.3 Å². The van der Waals surface area contributed by atoms with Gasteiger partial charge in [-0.25, -0.2) is 9.37 Å². The molecule has 2 aliphatic heterocycles. The average Bonchev–Trinajstić information content (AvgIpc) is 3.28. The second kappa shape index (κ2) is 8.39. The van der Waals surface area contributed by atoms with Gasteiger partial charge in [0, 0.05) is 37.4 Å². The highest BCUT2D eigenvalue weighted by Crippen LogP contribution is 2.41. The van der Waals surface area contributed by atoms with Crippen molar-refractivity contribution >= 4 is 5.95 Å². The zero-order chi connectivity index (χ0) is 21.1. The van der Waals surface area contributed by atoms with Crippen LogP contribution in [0.1, 0.15) is 18.4 Å². The molecule has 1 saturated heterocycles. The summed E-state index contributed by atoms with van der Waals surface area (Å²) in [7, 11) is 0. The summed E-state index contributed by atoms with van der Waals surface area (Å²) in [6, 6.07) is 13.6. The lowest BCUT2D eigenvalue weighted by atomic mass is 9.74. The van der Waals surface area contributed by atoms with Gasteiger partial charge in [0.25, 0.3) is 0 Å². The molecule has 0 radical (unpaired) electrons. The van der Waals surface area contributed by atoms with E-state index in [9.17, 15) is 4.39 Å². The van der Waals surface area contributed by atoms with Gasteiger partial charge in [-0.3, -0.25) is 0 Å². The zero-order valence-corrected chi connectivity index (χ0v) is 16.8. The number of benzene rings is 2. The number of halogens is 1. The second-order valence-corrected chi connectivity index (χ2v) is 7.59. The molecule has 160 valence electrons. The number of rotatable bonds is 6. The van der Waals surface area contributed by atoms with Crippen LogP contribution in [0, 0.1) is 5.82 Å².